The fraction of sp³-hybridized carbons (Fsp3) is 0.250. The topological polar surface area (TPSA) is 102 Å². The van der Waals surface area contributed by atoms with Gasteiger partial charge in [-0.3, -0.25) is 14.5 Å². The number of anilines is 2. The molecule has 3 aromatic heterocycles. The SMILES string of the molecule is C[C@@H](c1cnc(N2CCC2)nc1)n1cc(NC(=O)c2cncc(-c3c(C(F)(F)F)ccc(Cl)c3F)n2)cn1. The fourth-order valence-corrected chi connectivity index (χ4v) is 3.98. The number of aromatic nitrogens is 6. The van der Waals surface area contributed by atoms with Gasteiger partial charge in [-0.15, -0.1) is 0 Å². The molecule has 0 saturated carbocycles. The summed E-state index contributed by atoms with van der Waals surface area (Å²) in [5.41, 5.74) is -1.89. The molecule has 4 heterocycles. The quantitative estimate of drug-likeness (QED) is 0.339. The zero-order valence-corrected chi connectivity index (χ0v) is 20.5. The minimum Gasteiger partial charge on any atom is -0.341 e. The van der Waals surface area contributed by atoms with E-state index >= 15 is 0 Å². The number of nitrogens with zero attached hydrogens (tertiary/aromatic N) is 7. The Hall–Kier alpha value is -4.13. The normalized spacial score (nSPS) is 14.2. The van der Waals surface area contributed by atoms with Crippen LogP contribution in [0.2, 0.25) is 5.02 Å². The molecular weight excluding hydrogens is 528 g/mol. The number of nitrogens with one attached hydrogen (secondary N) is 1. The van der Waals surface area contributed by atoms with Crippen LogP contribution < -0.4 is 10.2 Å². The van der Waals surface area contributed by atoms with Gasteiger partial charge in [-0.1, -0.05) is 11.6 Å². The molecule has 38 heavy (non-hydrogen) atoms. The molecule has 0 unspecified atom stereocenters. The van der Waals surface area contributed by atoms with E-state index < -0.39 is 39.7 Å². The van der Waals surface area contributed by atoms with E-state index in [0.717, 1.165) is 43.5 Å². The van der Waals surface area contributed by atoms with E-state index in [0.29, 0.717) is 17.7 Å². The maximum Gasteiger partial charge on any atom is 0.417 e. The molecule has 1 aromatic carbocycles. The van der Waals surface area contributed by atoms with Gasteiger partial charge in [-0.25, -0.2) is 19.3 Å². The predicted octanol–water partition coefficient (Wildman–Crippen LogP) is 5.01. The lowest BCUT2D eigenvalue weighted by Gasteiger charge is -2.30. The van der Waals surface area contributed by atoms with Gasteiger partial charge in [0.2, 0.25) is 5.95 Å². The van der Waals surface area contributed by atoms with E-state index in [1.807, 2.05) is 6.92 Å². The summed E-state index contributed by atoms with van der Waals surface area (Å²) in [6.07, 6.45) is 4.62. The molecule has 14 heteroatoms. The molecule has 4 aromatic rings. The molecule has 1 fully saturated rings. The lowest BCUT2D eigenvalue weighted by Crippen LogP contribution is -2.38. The van der Waals surface area contributed by atoms with Crippen LogP contribution in [0, 0.1) is 5.82 Å². The summed E-state index contributed by atoms with van der Waals surface area (Å²) < 4.78 is 56.7. The van der Waals surface area contributed by atoms with Crippen molar-refractivity contribution in [2.45, 2.75) is 25.6 Å². The number of carbonyl (C=O) groups excluding carboxylic acids is 1. The first-order valence-corrected chi connectivity index (χ1v) is 11.8. The zero-order valence-electron chi connectivity index (χ0n) is 19.7. The van der Waals surface area contributed by atoms with E-state index in [1.54, 1.807) is 23.3 Å². The van der Waals surface area contributed by atoms with E-state index in [9.17, 15) is 22.4 Å². The Labute approximate surface area is 218 Å². The monoisotopic (exact) mass is 546 g/mol. The third-order valence-corrected chi connectivity index (χ3v) is 6.35. The largest absolute Gasteiger partial charge is 0.417 e. The smallest absolute Gasteiger partial charge is 0.341 e. The summed E-state index contributed by atoms with van der Waals surface area (Å²) >= 11 is 5.71. The summed E-state index contributed by atoms with van der Waals surface area (Å²) in [7, 11) is 0. The number of alkyl halides is 3. The predicted molar refractivity (Wildman–Crippen MR) is 130 cm³/mol. The summed E-state index contributed by atoms with van der Waals surface area (Å²) in [5.74, 6) is -1.42. The van der Waals surface area contributed by atoms with Crippen molar-refractivity contribution in [3.8, 4) is 11.3 Å². The molecule has 0 bridgehead atoms. The van der Waals surface area contributed by atoms with Crippen molar-refractivity contribution in [2.24, 2.45) is 0 Å². The maximum atomic E-state index is 14.6. The number of benzene rings is 1. The Morgan fingerprint density at radius 1 is 1.11 bits per heavy atom. The van der Waals surface area contributed by atoms with Gasteiger partial charge in [-0.05, 0) is 25.5 Å². The summed E-state index contributed by atoms with van der Waals surface area (Å²) in [4.78, 5) is 31.3. The number of hydrogen-bond acceptors (Lipinski definition) is 7. The van der Waals surface area contributed by atoms with Crippen LogP contribution in [0.25, 0.3) is 11.3 Å². The van der Waals surface area contributed by atoms with Crippen LogP contribution in [0.5, 0.6) is 0 Å². The van der Waals surface area contributed by atoms with Gasteiger partial charge >= 0.3 is 6.18 Å². The van der Waals surface area contributed by atoms with Crippen molar-refractivity contribution in [3.05, 3.63) is 77.0 Å². The highest BCUT2D eigenvalue weighted by atomic mass is 35.5. The summed E-state index contributed by atoms with van der Waals surface area (Å²) in [6, 6.07) is 1.20. The average Bonchev–Trinajstić information content (AvgIpc) is 3.32. The van der Waals surface area contributed by atoms with Gasteiger partial charge in [0.15, 0.2) is 5.82 Å². The van der Waals surface area contributed by atoms with Crippen LogP contribution in [-0.2, 0) is 6.18 Å². The molecule has 1 saturated heterocycles. The Morgan fingerprint density at radius 2 is 1.84 bits per heavy atom. The number of hydrogen-bond donors (Lipinski definition) is 1. The third-order valence-electron chi connectivity index (χ3n) is 6.06. The van der Waals surface area contributed by atoms with Crippen molar-refractivity contribution in [2.75, 3.05) is 23.3 Å². The Balaban J connectivity index is 1.34. The molecular formula is C24H19ClF4N8O. The lowest BCUT2D eigenvalue weighted by atomic mass is 10.0. The van der Waals surface area contributed by atoms with Gasteiger partial charge in [0.1, 0.15) is 5.69 Å². The van der Waals surface area contributed by atoms with Crippen molar-refractivity contribution in [1.82, 2.24) is 29.7 Å². The van der Waals surface area contributed by atoms with Crippen LogP contribution in [0.3, 0.4) is 0 Å². The highest BCUT2D eigenvalue weighted by Gasteiger charge is 2.36. The Bertz CT molecular complexity index is 1490. The number of carbonyl (C=O) groups is 1. The molecule has 1 aliphatic heterocycles. The molecule has 9 nitrogen and oxygen atoms in total. The maximum absolute atomic E-state index is 14.6. The molecule has 0 radical (unpaired) electrons. The molecule has 1 atom stereocenters. The first-order valence-electron chi connectivity index (χ1n) is 11.4. The third kappa shape index (κ3) is 5.01. The van der Waals surface area contributed by atoms with Gasteiger partial charge in [-0.2, -0.15) is 18.3 Å². The van der Waals surface area contributed by atoms with Gasteiger partial charge in [0.25, 0.3) is 5.91 Å². The average molecular weight is 547 g/mol. The Kier molecular flexibility index (Phi) is 6.69. The second-order valence-corrected chi connectivity index (χ2v) is 8.97. The van der Waals surface area contributed by atoms with Crippen LogP contribution >= 0.6 is 11.6 Å². The number of rotatable bonds is 6. The molecule has 196 valence electrons. The van der Waals surface area contributed by atoms with E-state index in [2.05, 4.69) is 35.3 Å². The summed E-state index contributed by atoms with van der Waals surface area (Å²) in [5, 5.41) is 6.31. The lowest BCUT2D eigenvalue weighted by molar-refractivity contribution is -0.137. The van der Waals surface area contributed by atoms with Crippen LogP contribution in [0.4, 0.5) is 29.2 Å². The highest BCUT2D eigenvalue weighted by Crippen LogP contribution is 2.39. The number of amides is 1. The van der Waals surface area contributed by atoms with Gasteiger partial charge in [0.05, 0.1) is 52.2 Å². The van der Waals surface area contributed by atoms with Crippen LogP contribution in [0.15, 0.2) is 49.3 Å². The first kappa shape index (κ1) is 25.5. The molecule has 1 amide bonds. The summed E-state index contributed by atoms with van der Waals surface area (Å²) in [6.45, 7) is 3.75. The van der Waals surface area contributed by atoms with Crippen LogP contribution in [0.1, 0.15) is 41.0 Å². The van der Waals surface area contributed by atoms with Gasteiger partial charge in [0, 0.05) is 37.2 Å². The second-order valence-electron chi connectivity index (χ2n) is 8.57. The van der Waals surface area contributed by atoms with E-state index in [4.69, 9.17) is 11.6 Å². The molecule has 5 rings (SSSR count). The minimum atomic E-state index is -4.88. The molecule has 1 N–H and O–H groups in total. The molecule has 0 aliphatic carbocycles. The van der Waals surface area contributed by atoms with Crippen molar-refractivity contribution in [3.63, 3.8) is 0 Å². The van der Waals surface area contributed by atoms with Crippen molar-refractivity contribution < 1.29 is 22.4 Å². The number of halogens is 5. The molecule has 0 spiro atoms. The van der Waals surface area contributed by atoms with Gasteiger partial charge < -0.3 is 10.2 Å². The van der Waals surface area contributed by atoms with E-state index in [1.165, 1.54) is 6.20 Å². The van der Waals surface area contributed by atoms with Crippen LogP contribution in [-0.4, -0.2) is 48.7 Å². The van der Waals surface area contributed by atoms with Crippen molar-refractivity contribution in [1.29, 1.82) is 0 Å². The fourth-order valence-electron chi connectivity index (χ4n) is 3.82. The zero-order chi connectivity index (χ0) is 27.0. The van der Waals surface area contributed by atoms with Crippen molar-refractivity contribution >= 4 is 29.1 Å². The first-order chi connectivity index (χ1) is 18.1. The Morgan fingerprint density at radius 3 is 2.50 bits per heavy atom. The molecule has 1 aliphatic rings. The van der Waals surface area contributed by atoms with E-state index in [-0.39, 0.29) is 11.7 Å². The second kappa shape index (κ2) is 9.97. The highest BCUT2D eigenvalue weighted by molar-refractivity contribution is 6.31. The minimum absolute atomic E-state index is 0.249. The standard InChI is InChI=1S/C24H19ClF4N8O/c1-13(14-7-31-23(32-8-14)36-5-2-6-36)37-12-15(9-33-37)34-22(38)19-11-30-10-18(35-19)20-16(24(27,28)29)3-4-17(25)21(20)26/h3-4,7-13H,2,5-6H2,1H3,(H,34,38)/t13-/m0/s1.